The fourth-order valence-electron chi connectivity index (χ4n) is 3.66. The average molecular weight is 367 g/mol. The van der Waals surface area contributed by atoms with Crippen molar-refractivity contribution in [2.45, 2.75) is 38.8 Å². The van der Waals surface area contributed by atoms with Gasteiger partial charge in [0.2, 0.25) is 0 Å². The van der Waals surface area contributed by atoms with Gasteiger partial charge in [-0.25, -0.2) is 4.79 Å². The summed E-state index contributed by atoms with van der Waals surface area (Å²) in [6.45, 7) is 5.44. The normalized spacial score (nSPS) is 15.5. The standard InChI is InChI=1S/C22H30N4O/c1-18-6-3-4-8-20(18)9-13-24-22(27)26(17-19-7-5-12-23-16-19)21-10-14-25(2)15-11-21/h3-8,12,16,21H,9-11,13-15,17H2,1-2H3,(H,24,27). The molecule has 2 aromatic rings. The summed E-state index contributed by atoms with van der Waals surface area (Å²) in [4.78, 5) is 21.5. The van der Waals surface area contributed by atoms with E-state index in [9.17, 15) is 4.79 Å². The number of carbonyl (C=O) groups is 1. The van der Waals surface area contributed by atoms with Gasteiger partial charge in [0.15, 0.2) is 0 Å². The van der Waals surface area contributed by atoms with Crippen molar-refractivity contribution in [1.29, 1.82) is 0 Å². The van der Waals surface area contributed by atoms with Gasteiger partial charge in [0.1, 0.15) is 0 Å². The van der Waals surface area contributed by atoms with Crippen LogP contribution in [0.3, 0.4) is 0 Å². The summed E-state index contributed by atoms with van der Waals surface area (Å²) >= 11 is 0. The Morgan fingerprint density at radius 1 is 1.22 bits per heavy atom. The molecule has 5 nitrogen and oxygen atoms in total. The number of rotatable bonds is 6. The van der Waals surface area contributed by atoms with E-state index in [1.807, 2.05) is 29.3 Å². The molecular weight excluding hydrogens is 336 g/mol. The van der Waals surface area contributed by atoms with Gasteiger partial charge < -0.3 is 15.1 Å². The summed E-state index contributed by atoms with van der Waals surface area (Å²) in [7, 11) is 2.14. The average Bonchev–Trinajstić information content (AvgIpc) is 2.69. The molecule has 1 N–H and O–H groups in total. The van der Waals surface area contributed by atoms with Crippen LogP contribution in [-0.4, -0.2) is 53.5 Å². The van der Waals surface area contributed by atoms with Crippen LogP contribution in [0.4, 0.5) is 4.79 Å². The summed E-state index contributed by atoms with van der Waals surface area (Å²) in [6, 6.07) is 12.6. The van der Waals surface area contributed by atoms with Crippen molar-refractivity contribution in [2.24, 2.45) is 0 Å². The maximum atomic E-state index is 13.0. The Morgan fingerprint density at radius 2 is 2.00 bits per heavy atom. The second-order valence-corrected chi connectivity index (χ2v) is 7.43. The lowest BCUT2D eigenvalue weighted by atomic mass is 10.0. The largest absolute Gasteiger partial charge is 0.338 e. The molecule has 3 rings (SSSR count). The van der Waals surface area contributed by atoms with Crippen LogP contribution in [0, 0.1) is 6.92 Å². The smallest absolute Gasteiger partial charge is 0.317 e. The van der Waals surface area contributed by atoms with E-state index in [1.54, 1.807) is 6.20 Å². The molecule has 144 valence electrons. The maximum absolute atomic E-state index is 13.0. The minimum atomic E-state index is 0.0296. The molecule has 0 spiro atoms. The lowest BCUT2D eigenvalue weighted by Crippen LogP contribution is -2.50. The maximum Gasteiger partial charge on any atom is 0.317 e. The van der Waals surface area contributed by atoms with E-state index in [4.69, 9.17) is 0 Å². The Kier molecular flexibility index (Phi) is 6.82. The molecule has 0 unspecified atom stereocenters. The minimum absolute atomic E-state index is 0.0296. The lowest BCUT2D eigenvalue weighted by Gasteiger charge is -2.37. The molecule has 1 aliphatic heterocycles. The molecule has 0 radical (unpaired) electrons. The minimum Gasteiger partial charge on any atom is -0.338 e. The van der Waals surface area contributed by atoms with Crippen LogP contribution in [0.15, 0.2) is 48.8 Å². The third-order valence-electron chi connectivity index (χ3n) is 5.40. The van der Waals surface area contributed by atoms with Gasteiger partial charge in [-0.05, 0) is 69.1 Å². The van der Waals surface area contributed by atoms with Gasteiger partial charge in [0, 0.05) is 31.5 Å². The number of aryl methyl sites for hydroxylation is 1. The number of piperidine rings is 1. The first-order valence-electron chi connectivity index (χ1n) is 9.80. The van der Waals surface area contributed by atoms with E-state index in [2.05, 4.69) is 47.4 Å². The third-order valence-corrected chi connectivity index (χ3v) is 5.40. The molecule has 1 aromatic carbocycles. The van der Waals surface area contributed by atoms with E-state index in [0.29, 0.717) is 13.1 Å². The second kappa shape index (κ2) is 9.51. The number of nitrogens with one attached hydrogen (secondary N) is 1. The van der Waals surface area contributed by atoms with Crippen LogP contribution in [0.25, 0.3) is 0 Å². The second-order valence-electron chi connectivity index (χ2n) is 7.43. The zero-order chi connectivity index (χ0) is 19.1. The fraction of sp³-hybridized carbons (Fsp3) is 0.455. The van der Waals surface area contributed by atoms with Crippen molar-refractivity contribution in [1.82, 2.24) is 20.1 Å². The number of amides is 2. The first-order chi connectivity index (χ1) is 13.1. The van der Waals surface area contributed by atoms with E-state index in [1.165, 1.54) is 11.1 Å². The number of nitrogens with zero attached hydrogens (tertiary/aromatic N) is 3. The highest BCUT2D eigenvalue weighted by Crippen LogP contribution is 2.18. The summed E-state index contributed by atoms with van der Waals surface area (Å²) in [6.07, 6.45) is 6.50. The van der Waals surface area contributed by atoms with E-state index >= 15 is 0 Å². The van der Waals surface area contributed by atoms with Crippen molar-refractivity contribution < 1.29 is 4.79 Å². The van der Waals surface area contributed by atoms with E-state index in [0.717, 1.165) is 37.9 Å². The van der Waals surface area contributed by atoms with Crippen LogP contribution >= 0.6 is 0 Å². The molecule has 1 aliphatic rings. The molecule has 5 heteroatoms. The molecule has 2 amide bonds. The number of aromatic nitrogens is 1. The Balaban J connectivity index is 1.62. The number of hydrogen-bond acceptors (Lipinski definition) is 3. The van der Waals surface area contributed by atoms with Crippen LogP contribution in [0.1, 0.15) is 29.5 Å². The molecule has 0 saturated carbocycles. The lowest BCUT2D eigenvalue weighted by molar-refractivity contribution is 0.127. The van der Waals surface area contributed by atoms with Gasteiger partial charge in [-0.2, -0.15) is 0 Å². The summed E-state index contributed by atoms with van der Waals surface area (Å²) in [5, 5.41) is 3.14. The van der Waals surface area contributed by atoms with Gasteiger partial charge >= 0.3 is 6.03 Å². The van der Waals surface area contributed by atoms with Gasteiger partial charge in [-0.3, -0.25) is 4.98 Å². The molecule has 2 heterocycles. The van der Waals surface area contributed by atoms with Gasteiger partial charge in [-0.1, -0.05) is 30.3 Å². The van der Waals surface area contributed by atoms with E-state index in [-0.39, 0.29) is 12.1 Å². The van der Waals surface area contributed by atoms with Crippen LogP contribution in [0.2, 0.25) is 0 Å². The summed E-state index contributed by atoms with van der Waals surface area (Å²) in [5.41, 5.74) is 3.63. The molecule has 0 aliphatic carbocycles. The number of carbonyl (C=O) groups excluding carboxylic acids is 1. The molecule has 0 atom stereocenters. The highest BCUT2D eigenvalue weighted by atomic mass is 16.2. The van der Waals surface area contributed by atoms with Crippen LogP contribution < -0.4 is 5.32 Å². The fourth-order valence-corrected chi connectivity index (χ4v) is 3.66. The summed E-state index contributed by atoms with van der Waals surface area (Å²) in [5.74, 6) is 0. The topological polar surface area (TPSA) is 48.5 Å². The first-order valence-corrected chi connectivity index (χ1v) is 9.80. The highest BCUT2D eigenvalue weighted by Gasteiger charge is 2.27. The predicted octanol–water partition coefficient (Wildman–Crippen LogP) is 3.24. The molecular formula is C22H30N4O. The van der Waals surface area contributed by atoms with Crippen molar-refractivity contribution in [3.63, 3.8) is 0 Å². The van der Waals surface area contributed by atoms with Crippen molar-refractivity contribution in [3.05, 3.63) is 65.5 Å². The molecule has 1 aromatic heterocycles. The van der Waals surface area contributed by atoms with Crippen molar-refractivity contribution in [2.75, 3.05) is 26.7 Å². The number of hydrogen-bond donors (Lipinski definition) is 1. The predicted molar refractivity (Wildman–Crippen MR) is 109 cm³/mol. The number of urea groups is 1. The van der Waals surface area contributed by atoms with Gasteiger partial charge in [0.25, 0.3) is 0 Å². The molecule has 1 fully saturated rings. The Morgan fingerprint density at radius 3 is 2.70 bits per heavy atom. The Hall–Kier alpha value is -2.40. The highest BCUT2D eigenvalue weighted by molar-refractivity contribution is 5.74. The SMILES string of the molecule is Cc1ccccc1CCNC(=O)N(Cc1cccnc1)C1CCN(C)CC1. The number of likely N-dealkylation sites (tertiary alicyclic amines) is 1. The van der Waals surface area contributed by atoms with Crippen molar-refractivity contribution in [3.8, 4) is 0 Å². The summed E-state index contributed by atoms with van der Waals surface area (Å²) < 4.78 is 0. The zero-order valence-corrected chi connectivity index (χ0v) is 16.4. The zero-order valence-electron chi connectivity index (χ0n) is 16.4. The Labute approximate surface area is 162 Å². The first kappa shape index (κ1) is 19.4. The third kappa shape index (κ3) is 5.54. The molecule has 27 heavy (non-hydrogen) atoms. The van der Waals surface area contributed by atoms with Gasteiger partial charge in [-0.15, -0.1) is 0 Å². The number of benzene rings is 1. The monoisotopic (exact) mass is 366 g/mol. The van der Waals surface area contributed by atoms with Crippen molar-refractivity contribution >= 4 is 6.03 Å². The van der Waals surface area contributed by atoms with Crippen LogP contribution in [0.5, 0.6) is 0 Å². The quantitative estimate of drug-likeness (QED) is 0.854. The van der Waals surface area contributed by atoms with Crippen LogP contribution in [-0.2, 0) is 13.0 Å². The Bertz CT molecular complexity index is 726. The molecule has 0 bridgehead atoms. The number of pyridine rings is 1. The van der Waals surface area contributed by atoms with E-state index < -0.39 is 0 Å². The molecule has 1 saturated heterocycles. The van der Waals surface area contributed by atoms with Gasteiger partial charge in [0.05, 0.1) is 0 Å².